The summed E-state index contributed by atoms with van der Waals surface area (Å²) in [7, 11) is 0. The lowest BCUT2D eigenvalue weighted by Gasteiger charge is -2.21. The van der Waals surface area contributed by atoms with Crippen LogP contribution in [0.4, 0.5) is 5.82 Å². The number of unbranched alkanes of at least 4 members (excludes halogenated alkanes) is 3. The van der Waals surface area contributed by atoms with Gasteiger partial charge < -0.3 is 10.3 Å². The van der Waals surface area contributed by atoms with Crippen molar-refractivity contribution in [3.8, 4) is 17.9 Å². The molecule has 0 unspecified atom stereocenters. The maximum Gasteiger partial charge on any atom is 0.183 e. The zero-order valence-corrected chi connectivity index (χ0v) is 13.7. The maximum absolute atomic E-state index is 9.13. The van der Waals surface area contributed by atoms with E-state index < -0.39 is 0 Å². The van der Waals surface area contributed by atoms with Crippen molar-refractivity contribution in [1.29, 1.82) is 5.26 Å². The minimum atomic E-state index is -0.106. The molecule has 0 bridgehead atoms. The number of rotatable bonds is 4. The van der Waals surface area contributed by atoms with E-state index in [9.17, 15) is 0 Å². The van der Waals surface area contributed by atoms with Crippen LogP contribution in [0, 0.1) is 23.2 Å². The average molecular weight is 297 g/mol. The Balaban J connectivity index is 2.37. The first-order valence-corrected chi connectivity index (χ1v) is 7.72. The molecule has 2 aromatic rings. The number of fused-ring (bicyclic) bond motifs is 1. The Morgan fingerprint density at radius 2 is 2.14 bits per heavy atom. The van der Waals surface area contributed by atoms with E-state index in [2.05, 4.69) is 60.9 Å². The lowest BCUT2D eigenvalue weighted by Crippen LogP contribution is -2.27. The minimum absolute atomic E-state index is 0.106. The Kier molecular flexibility index (Phi) is 4.78. The van der Waals surface area contributed by atoms with Crippen LogP contribution in [0.15, 0.2) is 6.33 Å². The molecule has 0 aromatic carbocycles. The fourth-order valence-electron chi connectivity index (χ4n) is 2.20. The molecule has 0 fully saturated rings. The van der Waals surface area contributed by atoms with Crippen LogP contribution in [0.3, 0.4) is 0 Å². The van der Waals surface area contributed by atoms with Gasteiger partial charge in [-0.1, -0.05) is 25.7 Å². The number of nitrogens with one attached hydrogen (secondary N) is 2. The number of nitriles is 1. The molecule has 2 rings (SSSR count). The number of hydrogen-bond acceptors (Lipinski definition) is 3. The van der Waals surface area contributed by atoms with E-state index in [1.807, 2.05) is 4.40 Å². The van der Waals surface area contributed by atoms with Gasteiger partial charge in [-0.25, -0.2) is 4.98 Å². The molecule has 0 saturated heterocycles. The molecule has 5 nitrogen and oxygen atoms in total. The van der Waals surface area contributed by atoms with Crippen molar-refractivity contribution in [3.05, 3.63) is 17.7 Å². The van der Waals surface area contributed by atoms with Crippen LogP contribution in [0.5, 0.6) is 0 Å². The molecule has 0 amide bonds. The molecule has 22 heavy (non-hydrogen) atoms. The van der Waals surface area contributed by atoms with Gasteiger partial charge in [0.2, 0.25) is 0 Å². The van der Waals surface area contributed by atoms with Crippen LogP contribution in [0.1, 0.15) is 64.8 Å². The van der Waals surface area contributed by atoms with Crippen LogP contribution in [0.2, 0.25) is 0 Å². The highest BCUT2D eigenvalue weighted by molar-refractivity contribution is 5.65. The summed E-state index contributed by atoms with van der Waals surface area (Å²) in [5.41, 5.74) is 1.77. The Bertz CT molecular complexity index is 740. The van der Waals surface area contributed by atoms with Crippen LogP contribution in [-0.2, 0) is 0 Å². The summed E-state index contributed by atoms with van der Waals surface area (Å²) in [4.78, 5) is 7.33. The molecule has 0 aliphatic heterocycles. The Hall–Kier alpha value is -2.40. The molecule has 0 radical (unpaired) electrons. The van der Waals surface area contributed by atoms with Crippen LogP contribution in [-0.4, -0.2) is 19.9 Å². The Morgan fingerprint density at radius 3 is 2.77 bits per heavy atom. The number of H-pyrrole nitrogens is 1. The lowest BCUT2D eigenvalue weighted by molar-refractivity contribution is 0.629. The van der Waals surface area contributed by atoms with Crippen LogP contribution < -0.4 is 5.32 Å². The summed E-state index contributed by atoms with van der Waals surface area (Å²) in [5, 5.41) is 12.6. The summed E-state index contributed by atoms with van der Waals surface area (Å²) in [6.45, 7) is 8.45. The zero-order chi connectivity index (χ0) is 16.2. The highest BCUT2D eigenvalue weighted by Crippen LogP contribution is 2.23. The topological polar surface area (TPSA) is 68.9 Å². The second-order valence-corrected chi connectivity index (χ2v) is 6.41. The molecule has 0 aliphatic rings. The first-order valence-electron chi connectivity index (χ1n) is 7.72. The summed E-state index contributed by atoms with van der Waals surface area (Å²) in [5.74, 6) is 7.27. The van der Waals surface area contributed by atoms with Gasteiger partial charge in [0.25, 0.3) is 0 Å². The van der Waals surface area contributed by atoms with Crippen molar-refractivity contribution in [2.24, 2.45) is 0 Å². The quantitative estimate of drug-likeness (QED) is 0.668. The number of imidazole rings is 2. The molecule has 0 atom stereocenters. The summed E-state index contributed by atoms with van der Waals surface area (Å²) < 4.78 is 1.86. The predicted molar refractivity (Wildman–Crippen MR) is 88.7 cm³/mol. The maximum atomic E-state index is 9.13. The molecule has 2 aromatic heterocycles. The van der Waals surface area contributed by atoms with Gasteiger partial charge in [0, 0.05) is 12.0 Å². The van der Waals surface area contributed by atoms with Crippen molar-refractivity contribution in [2.75, 3.05) is 5.32 Å². The molecule has 0 saturated carbocycles. The molecule has 0 spiro atoms. The zero-order valence-electron chi connectivity index (χ0n) is 13.7. The van der Waals surface area contributed by atoms with Gasteiger partial charge in [-0.15, -0.1) is 0 Å². The number of nitrogens with zero attached hydrogens (tertiary/aromatic N) is 3. The number of hydrogen-bond donors (Lipinski definition) is 2. The van der Waals surface area contributed by atoms with E-state index in [1.165, 1.54) is 12.8 Å². The highest BCUT2D eigenvalue weighted by atomic mass is 15.2. The van der Waals surface area contributed by atoms with Crippen molar-refractivity contribution in [3.63, 3.8) is 0 Å². The van der Waals surface area contributed by atoms with Gasteiger partial charge in [-0.2, -0.15) is 5.26 Å². The predicted octanol–water partition coefficient (Wildman–Crippen LogP) is 3.68. The van der Waals surface area contributed by atoms with E-state index in [-0.39, 0.29) is 5.54 Å². The third kappa shape index (κ3) is 3.62. The fourth-order valence-corrected chi connectivity index (χ4v) is 2.20. The molecule has 5 heteroatoms. The molecular weight excluding hydrogens is 274 g/mol. The summed E-state index contributed by atoms with van der Waals surface area (Å²) in [6, 6.07) is 2.10. The molecule has 2 N–H and O–H groups in total. The first-order chi connectivity index (χ1) is 10.5. The number of aromatic amines is 1. The molecule has 0 aliphatic carbocycles. The van der Waals surface area contributed by atoms with Crippen LogP contribution in [0.25, 0.3) is 5.65 Å². The summed E-state index contributed by atoms with van der Waals surface area (Å²) >= 11 is 0. The van der Waals surface area contributed by atoms with E-state index >= 15 is 0 Å². The standard InChI is InChI=1S/C17H23N5/c1-5-6-7-8-9-10-13-16(21-17(2,3)4)22-12-19-14(11-18)15(22)20-13/h12,20-21H,5-8H2,1-4H3. The van der Waals surface area contributed by atoms with Crippen molar-refractivity contribution < 1.29 is 0 Å². The van der Waals surface area contributed by atoms with Crippen molar-refractivity contribution >= 4 is 11.5 Å². The van der Waals surface area contributed by atoms with Gasteiger partial charge in [-0.05, 0) is 33.1 Å². The fraction of sp³-hybridized carbons (Fsp3) is 0.529. The first kappa shape index (κ1) is 16.0. The van der Waals surface area contributed by atoms with Gasteiger partial charge in [-0.3, -0.25) is 4.40 Å². The molecular formula is C17H23N5. The van der Waals surface area contributed by atoms with Gasteiger partial charge in [0.1, 0.15) is 23.9 Å². The van der Waals surface area contributed by atoms with Crippen molar-refractivity contribution in [2.45, 2.75) is 58.9 Å². The smallest absolute Gasteiger partial charge is 0.183 e. The Morgan fingerprint density at radius 1 is 1.36 bits per heavy atom. The molecule has 2 heterocycles. The SMILES string of the molecule is CCCCCC#Cc1[nH]c2c(C#N)ncn2c1NC(C)(C)C. The monoisotopic (exact) mass is 297 g/mol. The lowest BCUT2D eigenvalue weighted by atomic mass is 10.1. The number of anilines is 1. The highest BCUT2D eigenvalue weighted by Gasteiger charge is 2.18. The van der Waals surface area contributed by atoms with E-state index in [4.69, 9.17) is 5.26 Å². The normalized spacial score (nSPS) is 11.0. The third-order valence-electron chi connectivity index (χ3n) is 3.21. The van der Waals surface area contributed by atoms with E-state index in [1.54, 1.807) is 6.33 Å². The molecule has 116 valence electrons. The second-order valence-electron chi connectivity index (χ2n) is 6.41. The van der Waals surface area contributed by atoms with E-state index in [0.717, 1.165) is 24.4 Å². The second kappa shape index (κ2) is 6.58. The van der Waals surface area contributed by atoms with Crippen molar-refractivity contribution in [1.82, 2.24) is 14.4 Å². The minimum Gasteiger partial charge on any atom is -0.364 e. The number of aromatic nitrogens is 3. The van der Waals surface area contributed by atoms with Gasteiger partial charge in [0.05, 0.1) is 0 Å². The van der Waals surface area contributed by atoms with Crippen LogP contribution >= 0.6 is 0 Å². The summed E-state index contributed by atoms with van der Waals surface area (Å²) in [6.07, 6.45) is 6.07. The van der Waals surface area contributed by atoms with Gasteiger partial charge in [0.15, 0.2) is 11.3 Å². The van der Waals surface area contributed by atoms with Gasteiger partial charge >= 0.3 is 0 Å². The largest absolute Gasteiger partial charge is 0.364 e. The average Bonchev–Trinajstić information content (AvgIpc) is 2.98. The third-order valence-corrected chi connectivity index (χ3v) is 3.21. The Labute approximate surface area is 131 Å². The van der Waals surface area contributed by atoms with E-state index in [0.29, 0.717) is 11.3 Å².